The Kier molecular flexibility index (Phi) is 3.23. The molecule has 0 unspecified atom stereocenters. The van der Waals surface area contributed by atoms with E-state index in [1.807, 2.05) is 32.0 Å². The van der Waals surface area contributed by atoms with Gasteiger partial charge in [-0.05, 0) is 37.1 Å². The molecule has 18 heavy (non-hydrogen) atoms. The summed E-state index contributed by atoms with van der Waals surface area (Å²) in [6.45, 7) is 3.94. The number of aromatic nitrogens is 2. The quantitative estimate of drug-likeness (QED) is 0.898. The first-order valence-corrected chi connectivity index (χ1v) is 5.39. The van der Waals surface area contributed by atoms with Crippen molar-refractivity contribution >= 4 is 5.97 Å². The summed E-state index contributed by atoms with van der Waals surface area (Å²) in [5.74, 6) is -0.151. The van der Waals surface area contributed by atoms with Crippen molar-refractivity contribution in [3.05, 3.63) is 47.2 Å². The Balaban J connectivity index is 2.24. The van der Waals surface area contributed by atoms with Gasteiger partial charge in [0.25, 0.3) is 0 Å². The predicted octanol–water partition coefficient (Wildman–Crippen LogP) is 2.58. The van der Waals surface area contributed by atoms with Crippen molar-refractivity contribution in [2.24, 2.45) is 0 Å². The maximum atomic E-state index is 10.6. The lowest BCUT2D eigenvalue weighted by Crippen LogP contribution is -2.02. The highest BCUT2D eigenvalue weighted by Gasteiger charge is 2.07. The zero-order valence-corrected chi connectivity index (χ0v) is 10.0. The molecular formula is C13H12N2O3. The van der Waals surface area contributed by atoms with Gasteiger partial charge in [0.15, 0.2) is 5.69 Å². The molecule has 0 saturated heterocycles. The Labute approximate surface area is 104 Å². The van der Waals surface area contributed by atoms with E-state index in [1.54, 1.807) is 0 Å². The summed E-state index contributed by atoms with van der Waals surface area (Å²) in [6.07, 6.45) is 0. The summed E-state index contributed by atoms with van der Waals surface area (Å²) in [7, 11) is 0. The molecule has 2 aromatic rings. The van der Waals surface area contributed by atoms with Crippen LogP contribution in [-0.4, -0.2) is 21.3 Å². The molecule has 0 spiro atoms. The van der Waals surface area contributed by atoms with E-state index in [1.165, 1.54) is 12.1 Å². The molecule has 0 aliphatic heterocycles. The zero-order chi connectivity index (χ0) is 13.1. The van der Waals surface area contributed by atoms with Gasteiger partial charge in [-0.2, -0.15) is 0 Å². The van der Waals surface area contributed by atoms with Crippen molar-refractivity contribution < 1.29 is 14.6 Å². The van der Waals surface area contributed by atoms with E-state index >= 15 is 0 Å². The molecule has 5 nitrogen and oxygen atoms in total. The minimum absolute atomic E-state index is 0.108. The first-order chi connectivity index (χ1) is 8.58. The molecule has 92 valence electrons. The van der Waals surface area contributed by atoms with Crippen LogP contribution < -0.4 is 4.74 Å². The molecule has 1 aromatic heterocycles. The molecule has 0 aliphatic carbocycles. The molecule has 1 N–H and O–H groups in total. The van der Waals surface area contributed by atoms with Crippen LogP contribution in [0.4, 0.5) is 0 Å². The highest BCUT2D eigenvalue weighted by atomic mass is 16.5. The van der Waals surface area contributed by atoms with Gasteiger partial charge in [-0.1, -0.05) is 12.1 Å². The third kappa shape index (κ3) is 2.45. The number of aromatic carboxylic acids is 1. The van der Waals surface area contributed by atoms with Crippen LogP contribution in [0, 0.1) is 13.8 Å². The number of aryl methyl sites for hydroxylation is 1. The lowest BCUT2D eigenvalue weighted by Gasteiger charge is -2.08. The number of hydrogen-bond acceptors (Lipinski definition) is 4. The normalized spacial score (nSPS) is 10.1. The standard InChI is InChI=1S/C13H12N2O3/c1-8-4-3-5-11(9(8)2)18-12-7-6-10(13(16)17)14-15-12/h3-7H,1-2H3,(H,16,17). The Morgan fingerprint density at radius 1 is 1.17 bits per heavy atom. The molecule has 0 aliphatic rings. The Morgan fingerprint density at radius 2 is 1.94 bits per heavy atom. The van der Waals surface area contributed by atoms with Crippen molar-refractivity contribution in [3.8, 4) is 11.6 Å². The molecule has 1 aromatic carbocycles. The van der Waals surface area contributed by atoms with Crippen LogP contribution in [-0.2, 0) is 0 Å². The van der Waals surface area contributed by atoms with Gasteiger partial charge in [-0.3, -0.25) is 0 Å². The van der Waals surface area contributed by atoms with E-state index in [0.29, 0.717) is 5.75 Å². The van der Waals surface area contributed by atoms with Crippen LogP contribution in [0.15, 0.2) is 30.3 Å². The largest absolute Gasteiger partial charge is 0.476 e. The second-order valence-corrected chi connectivity index (χ2v) is 3.86. The average Bonchev–Trinajstić information content (AvgIpc) is 2.36. The number of carboxylic acid groups (broad SMARTS) is 1. The fourth-order valence-corrected chi connectivity index (χ4v) is 1.44. The Bertz CT molecular complexity index is 579. The van der Waals surface area contributed by atoms with Gasteiger partial charge < -0.3 is 9.84 Å². The van der Waals surface area contributed by atoms with Gasteiger partial charge in [0, 0.05) is 6.07 Å². The number of hydrogen-bond donors (Lipinski definition) is 1. The van der Waals surface area contributed by atoms with E-state index in [9.17, 15) is 4.79 Å². The third-order valence-electron chi connectivity index (χ3n) is 2.63. The van der Waals surface area contributed by atoms with Crippen molar-refractivity contribution in [1.82, 2.24) is 10.2 Å². The third-order valence-corrected chi connectivity index (χ3v) is 2.63. The van der Waals surface area contributed by atoms with Crippen LogP contribution in [0.5, 0.6) is 11.6 Å². The van der Waals surface area contributed by atoms with Gasteiger partial charge in [0.2, 0.25) is 5.88 Å². The van der Waals surface area contributed by atoms with Crippen molar-refractivity contribution in [2.75, 3.05) is 0 Å². The van der Waals surface area contributed by atoms with Crippen LogP contribution in [0.3, 0.4) is 0 Å². The summed E-state index contributed by atoms with van der Waals surface area (Å²) in [5.41, 5.74) is 2.02. The molecule has 0 fully saturated rings. The molecule has 1 heterocycles. The second-order valence-electron chi connectivity index (χ2n) is 3.86. The summed E-state index contributed by atoms with van der Waals surface area (Å²) in [4.78, 5) is 10.6. The first-order valence-electron chi connectivity index (χ1n) is 5.39. The monoisotopic (exact) mass is 244 g/mol. The number of carbonyl (C=O) groups is 1. The summed E-state index contributed by atoms with van der Waals surface area (Å²) < 4.78 is 5.56. The van der Waals surface area contributed by atoms with E-state index in [2.05, 4.69) is 10.2 Å². The molecule has 0 bridgehead atoms. The smallest absolute Gasteiger partial charge is 0.356 e. The fraction of sp³-hybridized carbons (Fsp3) is 0.154. The van der Waals surface area contributed by atoms with Crippen LogP contribution in [0.1, 0.15) is 21.6 Å². The van der Waals surface area contributed by atoms with E-state index in [0.717, 1.165) is 11.1 Å². The van der Waals surface area contributed by atoms with Gasteiger partial charge in [-0.15, -0.1) is 10.2 Å². The summed E-state index contributed by atoms with van der Waals surface area (Å²) in [6, 6.07) is 8.54. The molecular weight excluding hydrogens is 232 g/mol. The number of ether oxygens (including phenoxy) is 1. The number of rotatable bonds is 3. The number of benzene rings is 1. The van der Waals surface area contributed by atoms with Crippen LogP contribution in [0.25, 0.3) is 0 Å². The first kappa shape index (κ1) is 12.0. The van der Waals surface area contributed by atoms with Gasteiger partial charge >= 0.3 is 5.97 Å². The van der Waals surface area contributed by atoms with Crippen LogP contribution in [0.2, 0.25) is 0 Å². The van der Waals surface area contributed by atoms with E-state index < -0.39 is 5.97 Å². The highest BCUT2D eigenvalue weighted by Crippen LogP contribution is 2.25. The predicted molar refractivity (Wildman–Crippen MR) is 65.0 cm³/mol. The van der Waals surface area contributed by atoms with E-state index in [-0.39, 0.29) is 11.6 Å². The molecule has 0 amide bonds. The topological polar surface area (TPSA) is 72.3 Å². The second kappa shape index (κ2) is 4.83. The minimum atomic E-state index is -1.11. The fourth-order valence-electron chi connectivity index (χ4n) is 1.44. The van der Waals surface area contributed by atoms with Crippen LogP contribution >= 0.6 is 0 Å². The van der Waals surface area contributed by atoms with Gasteiger partial charge in [0.1, 0.15) is 5.75 Å². The molecule has 5 heteroatoms. The number of nitrogens with zero attached hydrogens (tertiary/aromatic N) is 2. The maximum Gasteiger partial charge on any atom is 0.356 e. The molecule has 0 radical (unpaired) electrons. The van der Waals surface area contributed by atoms with Crippen molar-refractivity contribution in [2.45, 2.75) is 13.8 Å². The lowest BCUT2D eigenvalue weighted by molar-refractivity contribution is 0.0689. The van der Waals surface area contributed by atoms with Gasteiger partial charge in [0.05, 0.1) is 0 Å². The lowest BCUT2D eigenvalue weighted by atomic mass is 10.1. The Hall–Kier alpha value is -2.43. The SMILES string of the molecule is Cc1cccc(Oc2ccc(C(=O)O)nn2)c1C. The molecule has 0 saturated carbocycles. The molecule has 2 rings (SSSR count). The molecule has 0 atom stereocenters. The summed E-state index contributed by atoms with van der Waals surface area (Å²) >= 11 is 0. The zero-order valence-electron chi connectivity index (χ0n) is 10.0. The summed E-state index contributed by atoms with van der Waals surface area (Å²) in [5, 5.41) is 16.0. The number of carboxylic acids is 1. The Morgan fingerprint density at radius 3 is 2.56 bits per heavy atom. The highest BCUT2D eigenvalue weighted by molar-refractivity contribution is 5.84. The van der Waals surface area contributed by atoms with Crippen molar-refractivity contribution in [3.63, 3.8) is 0 Å². The minimum Gasteiger partial charge on any atom is -0.476 e. The van der Waals surface area contributed by atoms with E-state index in [4.69, 9.17) is 9.84 Å². The maximum absolute atomic E-state index is 10.6. The van der Waals surface area contributed by atoms with Gasteiger partial charge in [-0.25, -0.2) is 4.79 Å². The average molecular weight is 244 g/mol. The van der Waals surface area contributed by atoms with Crippen molar-refractivity contribution in [1.29, 1.82) is 0 Å².